The molecule has 0 amide bonds. The van der Waals surface area contributed by atoms with E-state index in [1.807, 2.05) is 14.0 Å². The first-order valence-corrected chi connectivity index (χ1v) is 11.2. The van der Waals surface area contributed by atoms with Crippen LogP contribution in [-0.4, -0.2) is 52.0 Å². The predicted octanol–water partition coefficient (Wildman–Crippen LogP) is 4.11. The summed E-state index contributed by atoms with van der Waals surface area (Å²) in [5.74, 6) is 0.842. The van der Waals surface area contributed by atoms with E-state index in [0.717, 1.165) is 38.6 Å². The minimum atomic E-state index is 0. The molecule has 1 aliphatic heterocycles. The maximum atomic E-state index is 5.68. The number of benzene rings is 2. The molecule has 3 rings (SSSR count). The van der Waals surface area contributed by atoms with Crippen molar-refractivity contribution >= 4 is 35.6 Å². The normalized spacial score (nSPS) is 16.0. The van der Waals surface area contributed by atoms with Crippen LogP contribution in [0, 0.1) is 6.92 Å². The maximum absolute atomic E-state index is 5.68. The monoisotopic (exact) mass is 552 g/mol. The van der Waals surface area contributed by atoms with E-state index < -0.39 is 0 Å². The molecule has 6 nitrogen and oxygen atoms in total. The molecule has 0 aromatic heterocycles. The lowest BCUT2D eigenvalue weighted by molar-refractivity contribution is 0.0453. The van der Waals surface area contributed by atoms with E-state index in [4.69, 9.17) is 9.47 Å². The Labute approximate surface area is 209 Å². The Kier molecular flexibility index (Phi) is 11.8. The van der Waals surface area contributed by atoms with Crippen LogP contribution in [0.5, 0.6) is 0 Å². The van der Waals surface area contributed by atoms with Gasteiger partial charge in [-0.3, -0.25) is 4.99 Å². The second kappa shape index (κ2) is 14.3. The maximum Gasteiger partial charge on any atom is 0.191 e. The van der Waals surface area contributed by atoms with Crippen LogP contribution >= 0.6 is 24.0 Å². The predicted molar refractivity (Wildman–Crippen MR) is 143 cm³/mol. The van der Waals surface area contributed by atoms with Crippen LogP contribution in [0.4, 0.5) is 5.69 Å². The molecule has 2 N–H and O–H groups in total. The van der Waals surface area contributed by atoms with Crippen molar-refractivity contribution in [2.24, 2.45) is 4.99 Å². The molecule has 0 saturated carbocycles. The van der Waals surface area contributed by atoms with E-state index in [1.54, 1.807) is 0 Å². The molecule has 1 aliphatic rings. The Hall–Kier alpha value is -1.84. The molecule has 0 bridgehead atoms. The van der Waals surface area contributed by atoms with Crippen molar-refractivity contribution < 1.29 is 9.47 Å². The van der Waals surface area contributed by atoms with Gasteiger partial charge in [0.05, 0.1) is 19.8 Å². The highest BCUT2D eigenvalue weighted by atomic mass is 127. The van der Waals surface area contributed by atoms with Crippen LogP contribution in [0.15, 0.2) is 53.5 Å². The van der Waals surface area contributed by atoms with Crippen LogP contribution in [0.3, 0.4) is 0 Å². The van der Waals surface area contributed by atoms with Gasteiger partial charge in [-0.15, -0.1) is 24.0 Å². The van der Waals surface area contributed by atoms with Gasteiger partial charge in [-0.25, -0.2) is 0 Å². The number of aryl methyl sites for hydroxylation is 1. The number of guanidine groups is 1. The van der Waals surface area contributed by atoms with Crippen molar-refractivity contribution in [2.75, 3.05) is 44.9 Å². The Bertz CT molecular complexity index is 829. The Morgan fingerprint density at radius 1 is 1.09 bits per heavy atom. The fraction of sp³-hybridized carbons (Fsp3) is 0.480. The van der Waals surface area contributed by atoms with Gasteiger partial charge in [0.2, 0.25) is 0 Å². The van der Waals surface area contributed by atoms with E-state index in [9.17, 15) is 0 Å². The van der Waals surface area contributed by atoms with E-state index in [2.05, 4.69) is 76.0 Å². The third-order valence-corrected chi connectivity index (χ3v) is 5.45. The number of halogens is 1. The van der Waals surface area contributed by atoms with Gasteiger partial charge in [0.1, 0.15) is 0 Å². The van der Waals surface area contributed by atoms with Crippen LogP contribution in [0.2, 0.25) is 0 Å². The Balaban J connectivity index is 0.00000363. The lowest BCUT2D eigenvalue weighted by atomic mass is 10.1. The smallest absolute Gasteiger partial charge is 0.191 e. The second-order valence-electron chi connectivity index (χ2n) is 7.91. The molecule has 2 aromatic carbocycles. The molecule has 176 valence electrons. The zero-order valence-electron chi connectivity index (χ0n) is 19.5. The van der Waals surface area contributed by atoms with E-state index in [0.29, 0.717) is 25.9 Å². The van der Waals surface area contributed by atoms with Gasteiger partial charge >= 0.3 is 0 Å². The highest BCUT2D eigenvalue weighted by Crippen LogP contribution is 2.20. The number of anilines is 1. The van der Waals surface area contributed by atoms with Gasteiger partial charge < -0.3 is 25.0 Å². The molecule has 1 fully saturated rings. The molecule has 32 heavy (non-hydrogen) atoms. The Morgan fingerprint density at radius 3 is 2.59 bits per heavy atom. The van der Waals surface area contributed by atoms with Crippen LogP contribution in [-0.2, 0) is 22.6 Å². The molecule has 7 heteroatoms. The van der Waals surface area contributed by atoms with Crippen molar-refractivity contribution in [2.45, 2.75) is 39.5 Å². The number of hydrogen-bond acceptors (Lipinski definition) is 4. The first-order chi connectivity index (χ1) is 15.2. The highest BCUT2D eigenvalue weighted by molar-refractivity contribution is 14.0. The standard InChI is InChI=1S/C25H36N4O2.HI/c1-4-30-14-15-31-19-22-7-5-6-21(16-22)17-27-25(26-3)28-23-12-13-29(18-23)24-10-8-20(2)9-11-24;/h5-11,16,23H,4,12-15,17-19H2,1-3H3,(H2,26,27,28);1H. The first kappa shape index (κ1) is 26.4. The molecule has 1 saturated heterocycles. The average Bonchev–Trinajstić information content (AvgIpc) is 3.26. The largest absolute Gasteiger partial charge is 0.379 e. The molecule has 0 spiro atoms. The number of nitrogens with one attached hydrogen (secondary N) is 2. The Morgan fingerprint density at radius 2 is 1.84 bits per heavy atom. The summed E-state index contributed by atoms with van der Waals surface area (Å²) < 4.78 is 11.0. The lowest BCUT2D eigenvalue weighted by Gasteiger charge is -2.20. The number of ether oxygens (including phenoxy) is 2. The number of nitrogens with zero attached hydrogens (tertiary/aromatic N) is 2. The van der Waals surface area contributed by atoms with Crippen LogP contribution in [0.25, 0.3) is 0 Å². The topological polar surface area (TPSA) is 58.1 Å². The highest BCUT2D eigenvalue weighted by Gasteiger charge is 2.23. The summed E-state index contributed by atoms with van der Waals surface area (Å²) in [6.45, 7) is 9.47. The summed E-state index contributed by atoms with van der Waals surface area (Å²) >= 11 is 0. The van der Waals surface area contributed by atoms with Gasteiger partial charge in [0, 0.05) is 45.0 Å². The summed E-state index contributed by atoms with van der Waals surface area (Å²) in [5, 5.41) is 7.02. The molecule has 0 aliphatic carbocycles. The third kappa shape index (κ3) is 8.60. The number of aliphatic imine (C=N–C) groups is 1. The van der Waals surface area contributed by atoms with Crippen LogP contribution < -0.4 is 15.5 Å². The second-order valence-corrected chi connectivity index (χ2v) is 7.91. The van der Waals surface area contributed by atoms with Gasteiger partial charge in [0.25, 0.3) is 0 Å². The van der Waals surface area contributed by atoms with E-state index >= 15 is 0 Å². The average molecular weight is 553 g/mol. The summed E-state index contributed by atoms with van der Waals surface area (Å²) in [4.78, 5) is 6.84. The minimum absolute atomic E-state index is 0. The molecule has 2 aromatic rings. The SMILES string of the molecule is CCOCCOCc1cccc(CNC(=NC)NC2CCN(c3ccc(C)cc3)C2)c1.I. The van der Waals surface area contributed by atoms with Crippen molar-refractivity contribution in [1.82, 2.24) is 10.6 Å². The summed E-state index contributed by atoms with van der Waals surface area (Å²) in [7, 11) is 1.82. The van der Waals surface area contributed by atoms with Gasteiger partial charge in [-0.2, -0.15) is 0 Å². The van der Waals surface area contributed by atoms with Crippen molar-refractivity contribution in [3.05, 3.63) is 65.2 Å². The molecule has 1 unspecified atom stereocenters. The zero-order valence-corrected chi connectivity index (χ0v) is 21.8. The lowest BCUT2D eigenvalue weighted by Crippen LogP contribution is -2.44. The van der Waals surface area contributed by atoms with Gasteiger partial charge in [-0.1, -0.05) is 42.0 Å². The van der Waals surface area contributed by atoms with E-state index in [-0.39, 0.29) is 24.0 Å². The number of hydrogen-bond donors (Lipinski definition) is 2. The summed E-state index contributed by atoms with van der Waals surface area (Å²) in [6.07, 6.45) is 1.10. The van der Waals surface area contributed by atoms with Crippen molar-refractivity contribution in [3.8, 4) is 0 Å². The molecular formula is C25H37IN4O2. The van der Waals surface area contributed by atoms with Gasteiger partial charge in [0.15, 0.2) is 5.96 Å². The fourth-order valence-electron chi connectivity index (χ4n) is 3.72. The molecule has 1 heterocycles. The summed E-state index contributed by atoms with van der Waals surface area (Å²) in [5.41, 5.74) is 4.96. The van der Waals surface area contributed by atoms with Crippen molar-refractivity contribution in [1.29, 1.82) is 0 Å². The van der Waals surface area contributed by atoms with Crippen LogP contribution in [0.1, 0.15) is 30.0 Å². The third-order valence-electron chi connectivity index (χ3n) is 5.45. The van der Waals surface area contributed by atoms with Crippen molar-refractivity contribution in [3.63, 3.8) is 0 Å². The zero-order chi connectivity index (χ0) is 21.9. The molecular weight excluding hydrogens is 515 g/mol. The first-order valence-electron chi connectivity index (χ1n) is 11.2. The van der Waals surface area contributed by atoms with Gasteiger partial charge in [-0.05, 0) is 43.5 Å². The quantitative estimate of drug-likeness (QED) is 0.201. The van der Waals surface area contributed by atoms with E-state index in [1.165, 1.54) is 22.4 Å². The fourth-order valence-corrected chi connectivity index (χ4v) is 3.72. The molecule has 0 radical (unpaired) electrons. The molecule has 1 atom stereocenters. The summed E-state index contributed by atoms with van der Waals surface area (Å²) in [6, 6.07) is 17.6. The number of rotatable bonds is 10. The minimum Gasteiger partial charge on any atom is -0.379 e.